The van der Waals surface area contributed by atoms with Gasteiger partial charge in [-0.1, -0.05) is 39.0 Å². The molecule has 4 fully saturated rings. The average molecular weight is 305 g/mol. The van der Waals surface area contributed by atoms with Gasteiger partial charge in [-0.3, -0.25) is 0 Å². The van der Waals surface area contributed by atoms with Gasteiger partial charge in [0.1, 0.15) is 0 Å². The highest BCUT2D eigenvalue weighted by molar-refractivity contribution is 5.08. The second-order valence-corrected chi connectivity index (χ2v) is 9.46. The summed E-state index contributed by atoms with van der Waals surface area (Å²) in [5, 5.41) is 0. The van der Waals surface area contributed by atoms with Crippen molar-refractivity contribution in [2.45, 2.75) is 83.2 Å². The van der Waals surface area contributed by atoms with Crippen molar-refractivity contribution >= 4 is 0 Å². The van der Waals surface area contributed by atoms with Gasteiger partial charge in [-0.25, -0.2) is 0 Å². The highest BCUT2D eigenvalue weighted by atomic mass is 15.2. The normalized spacial score (nSPS) is 36.1. The van der Waals surface area contributed by atoms with Crippen LogP contribution in [0.25, 0.3) is 0 Å². The van der Waals surface area contributed by atoms with E-state index in [1.807, 2.05) is 0 Å². The van der Waals surface area contributed by atoms with Gasteiger partial charge < -0.3 is 9.80 Å². The van der Waals surface area contributed by atoms with Gasteiger partial charge in [0.25, 0.3) is 0 Å². The van der Waals surface area contributed by atoms with E-state index in [4.69, 9.17) is 0 Å². The summed E-state index contributed by atoms with van der Waals surface area (Å²) in [4.78, 5) is 5.49. The first-order valence-electron chi connectivity index (χ1n) is 10.1. The lowest BCUT2D eigenvalue weighted by Crippen LogP contribution is -2.67. The molecule has 126 valence electrons. The predicted molar refractivity (Wildman–Crippen MR) is 93.0 cm³/mol. The first-order valence-corrected chi connectivity index (χ1v) is 10.1. The lowest BCUT2D eigenvalue weighted by molar-refractivity contribution is -0.120. The Labute approximate surface area is 137 Å². The zero-order valence-corrected chi connectivity index (χ0v) is 14.9. The van der Waals surface area contributed by atoms with Gasteiger partial charge in [0, 0.05) is 25.2 Å². The molecule has 1 saturated heterocycles. The molecule has 3 saturated carbocycles. The fourth-order valence-corrected chi connectivity index (χ4v) is 5.88. The molecule has 0 radical (unpaired) electrons. The van der Waals surface area contributed by atoms with Crippen LogP contribution in [0.2, 0.25) is 0 Å². The number of hydrogen-bond acceptors (Lipinski definition) is 2. The molecule has 0 amide bonds. The second kappa shape index (κ2) is 6.09. The number of likely N-dealkylation sites (tertiary alicyclic amines) is 1. The summed E-state index contributed by atoms with van der Waals surface area (Å²) in [6.45, 7) is 6.64. The van der Waals surface area contributed by atoms with Crippen molar-refractivity contribution in [2.24, 2.45) is 17.3 Å². The zero-order valence-electron chi connectivity index (χ0n) is 14.9. The first kappa shape index (κ1) is 15.4. The lowest BCUT2D eigenvalue weighted by atomic mass is 9.59. The Kier molecular flexibility index (Phi) is 4.28. The molecule has 0 aromatic heterocycles. The maximum Gasteiger partial charge on any atom is 0.0108 e. The van der Waals surface area contributed by atoms with Gasteiger partial charge in [-0.2, -0.15) is 0 Å². The Bertz CT molecular complexity index is 367. The van der Waals surface area contributed by atoms with Gasteiger partial charge in [-0.05, 0) is 62.9 Å². The molecule has 0 unspecified atom stereocenters. The van der Waals surface area contributed by atoms with Crippen molar-refractivity contribution in [3.05, 3.63) is 0 Å². The second-order valence-electron chi connectivity index (χ2n) is 9.46. The van der Waals surface area contributed by atoms with E-state index in [1.54, 1.807) is 0 Å². The summed E-state index contributed by atoms with van der Waals surface area (Å²) in [5.74, 6) is 2.05. The van der Waals surface area contributed by atoms with Crippen LogP contribution in [0.5, 0.6) is 0 Å². The van der Waals surface area contributed by atoms with Gasteiger partial charge in [-0.15, -0.1) is 0 Å². The highest BCUT2D eigenvalue weighted by Crippen LogP contribution is 2.51. The minimum atomic E-state index is 0.751. The molecule has 0 aromatic rings. The number of nitrogens with zero attached hydrogens (tertiary/aromatic N) is 2. The standard InChI is InChI=1S/C20H36N2/c1-16-10-18(11-16)21(2)19-12-20(13-19)14-22(15-20)9-8-17-6-4-3-5-7-17/h16-19H,3-15H2,1-2H3. The summed E-state index contributed by atoms with van der Waals surface area (Å²) in [7, 11) is 2.40. The molecule has 22 heavy (non-hydrogen) atoms. The third-order valence-electron chi connectivity index (χ3n) is 7.53. The Morgan fingerprint density at radius 2 is 1.68 bits per heavy atom. The molecule has 3 aliphatic carbocycles. The van der Waals surface area contributed by atoms with Gasteiger partial charge in [0.05, 0.1) is 0 Å². The Morgan fingerprint density at radius 1 is 1.00 bits per heavy atom. The molecule has 2 heteroatoms. The Hall–Kier alpha value is -0.0800. The summed E-state index contributed by atoms with van der Waals surface area (Å²) in [6, 6.07) is 1.83. The van der Waals surface area contributed by atoms with Crippen LogP contribution in [-0.4, -0.2) is 48.6 Å². The molecule has 0 N–H and O–H groups in total. The van der Waals surface area contributed by atoms with E-state index in [2.05, 4.69) is 23.8 Å². The molecule has 4 aliphatic rings. The van der Waals surface area contributed by atoms with Crippen molar-refractivity contribution in [1.82, 2.24) is 9.80 Å². The average Bonchev–Trinajstić information content (AvgIpc) is 2.41. The molecular formula is C20H36N2. The van der Waals surface area contributed by atoms with Crippen molar-refractivity contribution in [2.75, 3.05) is 26.7 Å². The van der Waals surface area contributed by atoms with E-state index in [9.17, 15) is 0 Å². The molecule has 1 aliphatic heterocycles. The highest BCUT2D eigenvalue weighted by Gasteiger charge is 2.53. The summed E-state index contributed by atoms with van der Waals surface area (Å²) >= 11 is 0. The number of hydrogen-bond donors (Lipinski definition) is 0. The van der Waals surface area contributed by atoms with Crippen molar-refractivity contribution < 1.29 is 0 Å². The molecule has 0 bridgehead atoms. The Morgan fingerprint density at radius 3 is 2.32 bits per heavy atom. The molecule has 0 aromatic carbocycles. The van der Waals surface area contributed by atoms with Crippen LogP contribution >= 0.6 is 0 Å². The molecule has 4 rings (SSSR count). The zero-order chi connectivity index (χ0) is 15.2. The van der Waals surface area contributed by atoms with Crippen LogP contribution in [-0.2, 0) is 0 Å². The van der Waals surface area contributed by atoms with Crippen LogP contribution in [0.3, 0.4) is 0 Å². The maximum atomic E-state index is 2.76. The minimum Gasteiger partial charge on any atom is -0.302 e. The summed E-state index contributed by atoms with van der Waals surface area (Å²) in [5.41, 5.74) is 0.751. The van der Waals surface area contributed by atoms with Crippen molar-refractivity contribution in [1.29, 1.82) is 0 Å². The smallest absolute Gasteiger partial charge is 0.0108 e. The van der Waals surface area contributed by atoms with Crippen LogP contribution in [0.4, 0.5) is 0 Å². The van der Waals surface area contributed by atoms with Crippen LogP contribution in [0.15, 0.2) is 0 Å². The van der Waals surface area contributed by atoms with Gasteiger partial charge in [0.2, 0.25) is 0 Å². The molecule has 2 nitrogen and oxygen atoms in total. The third kappa shape index (κ3) is 2.98. The van der Waals surface area contributed by atoms with E-state index < -0.39 is 0 Å². The lowest BCUT2D eigenvalue weighted by Gasteiger charge is -2.62. The fraction of sp³-hybridized carbons (Fsp3) is 1.00. The number of rotatable bonds is 5. The first-order chi connectivity index (χ1) is 10.6. The van der Waals surface area contributed by atoms with E-state index in [1.165, 1.54) is 83.8 Å². The van der Waals surface area contributed by atoms with Crippen molar-refractivity contribution in [3.63, 3.8) is 0 Å². The summed E-state index contributed by atoms with van der Waals surface area (Å²) < 4.78 is 0. The molecule has 1 heterocycles. The van der Waals surface area contributed by atoms with Crippen molar-refractivity contribution in [3.8, 4) is 0 Å². The fourth-order valence-electron chi connectivity index (χ4n) is 5.88. The van der Waals surface area contributed by atoms with E-state index >= 15 is 0 Å². The molecule has 1 spiro atoms. The van der Waals surface area contributed by atoms with Crippen LogP contribution in [0, 0.1) is 17.3 Å². The van der Waals surface area contributed by atoms with Crippen LogP contribution in [0.1, 0.15) is 71.1 Å². The predicted octanol–water partition coefficient (Wildman–Crippen LogP) is 4.15. The van der Waals surface area contributed by atoms with Crippen LogP contribution < -0.4 is 0 Å². The van der Waals surface area contributed by atoms with E-state index in [0.29, 0.717) is 0 Å². The quantitative estimate of drug-likeness (QED) is 0.753. The van der Waals surface area contributed by atoms with E-state index in [-0.39, 0.29) is 0 Å². The Balaban J connectivity index is 1.13. The summed E-state index contributed by atoms with van der Waals surface area (Å²) in [6.07, 6.45) is 14.9. The molecular weight excluding hydrogens is 268 g/mol. The van der Waals surface area contributed by atoms with E-state index in [0.717, 1.165) is 29.3 Å². The molecule has 0 atom stereocenters. The monoisotopic (exact) mass is 304 g/mol. The topological polar surface area (TPSA) is 6.48 Å². The minimum absolute atomic E-state index is 0.751. The largest absolute Gasteiger partial charge is 0.302 e. The third-order valence-corrected chi connectivity index (χ3v) is 7.53. The van der Waals surface area contributed by atoms with Gasteiger partial charge >= 0.3 is 0 Å². The maximum absolute atomic E-state index is 2.76. The SMILES string of the molecule is CC1CC(N(C)C2CC3(C2)CN(CCC2CCCCC2)C3)C1. The van der Waals surface area contributed by atoms with Gasteiger partial charge in [0.15, 0.2) is 0 Å².